The van der Waals surface area contributed by atoms with Gasteiger partial charge in [0.2, 0.25) is 0 Å². The zero-order valence-corrected chi connectivity index (χ0v) is 14.4. The van der Waals surface area contributed by atoms with Gasteiger partial charge in [-0.05, 0) is 42.8 Å². The van der Waals surface area contributed by atoms with Crippen molar-refractivity contribution in [2.24, 2.45) is 0 Å². The van der Waals surface area contributed by atoms with Gasteiger partial charge in [0.15, 0.2) is 6.10 Å². The molecule has 0 unspecified atom stereocenters. The summed E-state index contributed by atoms with van der Waals surface area (Å²) < 4.78 is 19.4. The number of anilines is 1. The summed E-state index contributed by atoms with van der Waals surface area (Å²) in [6, 6.07) is 13.1. The summed E-state index contributed by atoms with van der Waals surface area (Å²) in [6.45, 7) is 1.42. The fraction of sp³-hybridized carbons (Fsp3) is 0.111. The predicted octanol–water partition coefficient (Wildman–Crippen LogP) is 4.17. The van der Waals surface area contributed by atoms with E-state index in [9.17, 15) is 14.0 Å². The minimum atomic E-state index is -1.05. The van der Waals surface area contributed by atoms with Crippen molar-refractivity contribution in [3.63, 3.8) is 0 Å². The highest BCUT2D eigenvalue weighted by Gasteiger charge is 2.17. The van der Waals surface area contributed by atoms with Gasteiger partial charge in [0.1, 0.15) is 5.82 Å². The molecule has 0 radical (unpaired) electrons. The molecule has 4 nitrogen and oxygen atoms in total. The van der Waals surface area contributed by atoms with Gasteiger partial charge in [-0.2, -0.15) is 0 Å². The summed E-state index contributed by atoms with van der Waals surface area (Å²) >= 11 is 3.32. The average Bonchev–Trinajstić information content (AvgIpc) is 2.56. The molecule has 0 bridgehead atoms. The highest BCUT2D eigenvalue weighted by atomic mass is 79.9. The summed E-state index contributed by atoms with van der Waals surface area (Å²) in [5.74, 6) is -1.82. The summed E-state index contributed by atoms with van der Waals surface area (Å²) in [5.41, 5.74) is 0.856. The van der Waals surface area contributed by atoms with Gasteiger partial charge in [0.05, 0.1) is 5.69 Å². The zero-order valence-electron chi connectivity index (χ0n) is 12.8. The quantitative estimate of drug-likeness (QED) is 0.614. The van der Waals surface area contributed by atoms with Crippen LogP contribution in [0.2, 0.25) is 0 Å². The molecule has 1 N–H and O–H groups in total. The third-order valence-corrected chi connectivity index (χ3v) is 3.60. The number of ether oxygens (including phenoxy) is 1. The number of esters is 1. The Morgan fingerprint density at radius 1 is 1.17 bits per heavy atom. The van der Waals surface area contributed by atoms with Crippen LogP contribution in [0.5, 0.6) is 0 Å². The smallest absolute Gasteiger partial charge is 0.331 e. The fourth-order valence-electron chi connectivity index (χ4n) is 1.80. The molecule has 0 heterocycles. The Kier molecular flexibility index (Phi) is 6.26. The van der Waals surface area contributed by atoms with E-state index in [0.717, 1.165) is 10.0 Å². The van der Waals surface area contributed by atoms with E-state index in [1.807, 2.05) is 24.3 Å². The maximum absolute atomic E-state index is 13.5. The van der Waals surface area contributed by atoms with E-state index in [4.69, 9.17) is 4.74 Å². The van der Waals surface area contributed by atoms with Crippen molar-refractivity contribution in [3.05, 3.63) is 70.5 Å². The maximum Gasteiger partial charge on any atom is 0.331 e. The second-order valence-corrected chi connectivity index (χ2v) is 5.85. The summed E-state index contributed by atoms with van der Waals surface area (Å²) in [6.07, 6.45) is 1.76. The largest absolute Gasteiger partial charge is 0.449 e. The third-order valence-electron chi connectivity index (χ3n) is 3.08. The van der Waals surface area contributed by atoms with Crippen molar-refractivity contribution in [1.29, 1.82) is 0 Å². The number of benzene rings is 2. The number of halogens is 2. The molecule has 24 heavy (non-hydrogen) atoms. The molecule has 0 aromatic heterocycles. The van der Waals surface area contributed by atoms with Gasteiger partial charge < -0.3 is 10.1 Å². The number of carbonyl (C=O) groups is 2. The van der Waals surface area contributed by atoms with Crippen molar-refractivity contribution in [2.45, 2.75) is 13.0 Å². The first kappa shape index (κ1) is 17.9. The highest BCUT2D eigenvalue weighted by Crippen LogP contribution is 2.14. The summed E-state index contributed by atoms with van der Waals surface area (Å²) in [5, 5.41) is 2.37. The van der Waals surface area contributed by atoms with Crippen molar-refractivity contribution in [1.82, 2.24) is 0 Å². The molecule has 0 fully saturated rings. The van der Waals surface area contributed by atoms with E-state index >= 15 is 0 Å². The lowest BCUT2D eigenvalue weighted by Crippen LogP contribution is -2.29. The zero-order chi connectivity index (χ0) is 17.5. The molecule has 0 saturated carbocycles. The molecule has 0 aliphatic heterocycles. The van der Waals surface area contributed by atoms with E-state index < -0.39 is 23.8 Å². The van der Waals surface area contributed by atoms with Crippen LogP contribution in [0.15, 0.2) is 59.1 Å². The van der Waals surface area contributed by atoms with E-state index in [1.165, 1.54) is 31.2 Å². The predicted molar refractivity (Wildman–Crippen MR) is 93.8 cm³/mol. The Morgan fingerprint density at radius 2 is 1.83 bits per heavy atom. The Bertz CT molecular complexity index is 759. The van der Waals surface area contributed by atoms with Crippen molar-refractivity contribution in [3.8, 4) is 0 Å². The number of carbonyl (C=O) groups excluding carboxylic acids is 2. The number of nitrogens with one attached hydrogen (secondary N) is 1. The van der Waals surface area contributed by atoms with Gasteiger partial charge in [-0.1, -0.05) is 40.2 Å². The normalized spacial score (nSPS) is 12.0. The van der Waals surface area contributed by atoms with Gasteiger partial charge in [-0.3, -0.25) is 4.79 Å². The van der Waals surface area contributed by atoms with E-state index in [0.29, 0.717) is 0 Å². The van der Waals surface area contributed by atoms with Crippen LogP contribution in [-0.2, 0) is 14.3 Å². The number of amides is 1. The van der Waals surface area contributed by atoms with Gasteiger partial charge in [-0.15, -0.1) is 0 Å². The molecule has 0 aliphatic rings. The van der Waals surface area contributed by atoms with Crippen LogP contribution in [0, 0.1) is 5.82 Å². The average molecular weight is 392 g/mol. The van der Waals surface area contributed by atoms with E-state index in [-0.39, 0.29) is 5.69 Å². The fourth-order valence-corrected chi connectivity index (χ4v) is 2.07. The summed E-state index contributed by atoms with van der Waals surface area (Å²) in [7, 11) is 0. The lowest BCUT2D eigenvalue weighted by molar-refractivity contribution is -0.148. The molecule has 0 saturated heterocycles. The molecule has 6 heteroatoms. The Hall–Kier alpha value is -2.47. The SMILES string of the molecule is C[C@@H](OC(=O)/C=C/c1ccc(Br)cc1)C(=O)Nc1ccccc1F. The van der Waals surface area contributed by atoms with Gasteiger partial charge in [0.25, 0.3) is 5.91 Å². The lowest BCUT2D eigenvalue weighted by Gasteiger charge is -2.12. The topological polar surface area (TPSA) is 55.4 Å². The highest BCUT2D eigenvalue weighted by molar-refractivity contribution is 9.10. The monoisotopic (exact) mass is 391 g/mol. The molecule has 1 amide bonds. The van der Waals surface area contributed by atoms with Gasteiger partial charge >= 0.3 is 5.97 Å². The third kappa shape index (κ3) is 5.31. The lowest BCUT2D eigenvalue weighted by atomic mass is 10.2. The Labute approximate surface area is 147 Å². The van der Waals surface area contributed by atoms with Crippen LogP contribution in [0.4, 0.5) is 10.1 Å². The first-order chi connectivity index (χ1) is 11.5. The van der Waals surface area contributed by atoms with E-state index in [2.05, 4.69) is 21.2 Å². The van der Waals surface area contributed by atoms with Crippen molar-refractivity contribution < 1.29 is 18.7 Å². The minimum Gasteiger partial charge on any atom is -0.449 e. The number of para-hydroxylation sites is 1. The molecular weight excluding hydrogens is 377 g/mol. The molecule has 2 aromatic rings. The van der Waals surface area contributed by atoms with Crippen LogP contribution in [0.3, 0.4) is 0 Å². The first-order valence-corrected chi connectivity index (χ1v) is 7.94. The van der Waals surface area contributed by atoms with Crippen molar-refractivity contribution in [2.75, 3.05) is 5.32 Å². The molecule has 1 atom stereocenters. The van der Waals surface area contributed by atoms with Gasteiger partial charge in [0, 0.05) is 10.5 Å². The molecule has 124 valence electrons. The summed E-state index contributed by atoms with van der Waals surface area (Å²) in [4.78, 5) is 23.7. The first-order valence-electron chi connectivity index (χ1n) is 7.15. The Balaban J connectivity index is 1.90. The molecular formula is C18H15BrFNO3. The van der Waals surface area contributed by atoms with Gasteiger partial charge in [-0.25, -0.2) is 9.18 Å². The molecule has 2 rings (SSSR count). The van der Waals surface area contributed by atoms with Crippen LogP contribution in [-0.4, -0.2) is 18.0 Å². The van der Waals surface area contributed by atoms with Crippen LogP contribution in [0.25, 0.3) is 6.08 Å². The maximum atomic E-state index is 13.5. The van der Waals surface area contributed by atoms with Crippen LogP contribution < -0.4 is 5.32 Å². The number of hydrogen-bond donors (Lipinski definition) is 1. The standard InChI is InChI=1S/C18H15BrFNO3/c1-12(18(23)21-16-5-3-2-4-15(16)20)24-17(22)11-8-13-6-9-14(19)10-7-13/h2-12H,1H3,(H,21,23)/b11-8+/t12-/m1/s1. The second kappa shape index (κ2) is 8.40. The number of rotatable bonds is 5. The van der Waals surface area contributed by atoms with Crippen LogP contribution >= 0.6 is 15.9 Å². The van der Waals surface area contributed by atoms with Crippen LogP contribution in [0.1, 0.15) is 12.5 Å². The second-order valence-electron chi connectivity index (χ2n) is 4.93. The molecule has 0 aliphatic carbocycles. The Morgan fingerprint density at radius 3 is 2.50 bits per heavy atom. The molecule has 2 aromatic carbocycles. The number of hydrogen-bond acceptors (Lipinski definition) is 3. The minimum absolute atomic E-state index is 0.0378. The molecule has 0 spiro atoms. The van der Waals surface area contributed by atoms with Crippen molar-refractivity contribution >= 4 is 39.6 Å². The van der Waals surface area contributed by atoms with E-state index in [1.54, 1.807) is 12.1 Å².